The van der Waals surface area contributed by atoms with Crippen LogP contribution >= 0.6 is 23.4 Å². The van der Waals surface area contributed by atoms with Crippen molar-refractivity contribution in [3.8, 4) is 5.75 Å². The molecule has 1 saturated heterocycles. The number of hydrogen-bond acceptors (Lipinski definition) is 5. The minimum absolute atomic E-state index is 0.155. The summed E-state index contributed by atoms with van der Waals surface area (Å²) >= 11 is 7.51. The number of nitrogens with one attached hydrogen (secondary N) is 1. The van der Waals surface area contributed by atoms with Crippen LogP contribution in [0, 0.1) is 5.82 Å². The fraction of sp³-hybridized carbons (Fsp3) is 0.0417. The normalized spacial score (nSPS) is 15.6. The number of carbonyl (C=O) groups excluding carboxylic acids is 1. The molecule has 3 aromatic rings. The Labute approximate surface area is 197 Å². The summed E-state index contributed by atoms with van der Waals surface area (Å²) in [7, 11) is 0. The number of rotatable bonds is 6. The van der Waals surface area contributed by atoms with Crippen LogP contribution in [0.1, 0.15) is 21.5 Å². The number of carbonyl (C=O) groups is 2. The van der Waals surface area contributed by atoms with Crippen LogP contribution < -0.4 is 10.1 Å². The summed E-state index contributed by atoms with van der Waals surface area (Å²) in [5.74, 6) is -1.23. The molecule has 0 atom stereocenters. The molecule has 0 aromatic heterocycles. The summed E-state index contributed by atoms with van der Waals surface area (Å²) in [5, 5.41) is 12.5. The molecular formula is C24H16ClFN2O4S. The predicted molar refractivity (Wildman–Crippen MR) is 126 cm³/mol. The molecule has 0 spiro atoms. The lowest BCUT2D eigenvalue weighted by molar-refractivity contribution is -0.115. The summed E-state index contributed by atoms with van der Waals surface area (Å²) in [6.07, 6.45) is 1.68. The Balaban J connectivity index is 1.44. The Morgan fingerprint density at radius 1 is 1.15 bits per heavy atom. The third kappa shape index (κ3) is 5.79. The van der Waals surface area contributed by atoms with Gasteiger partial charge in [0.25, 0.3) is 5.91 Å². The minimum atomic E-state index is -1.01. The molecule has 1 aliphatic heterocycles. The highest BCUT2D eigenvalue weighted by Gasteiger charge is 2.24. The van der Waals surface area contributed by atoms with Crippen molar-refractivity contribution in [1.29, 1.82) is 0 Å². The standard InChI is InChI=1S/C24H16ClFN2O4S/c25-19-11-14(4-9-20(19)32-13-15-2-1-3-16(10-15)23(30)31)12-21-22(29)28-24(33-21)27-18-7-5-17(26)6-8-18/h1-12H,13H2,(H,30,31)(H,27,28,29)/b21-12+. The molecule has 1 aliphatic rings. The van der Waals surface area contributed by atoms with E-state index in [0.29, 0.717) is 37.7 Å². The van der Waals surface area contributed by atoms with Gasteiger partial charge in [0.05, 0.1) is 21.2 Å². The Kier molecular flexibility index (Phi) is 6.76. The van der Waals surface area contributed by atoms with Crippen LogP contribution in [-0.4, -0.2) is 22.2 Å². The van der Waals surface area contributed by atoms with Gasteiger partial charge in [0.2, 0.25) is 0 Å². The molecule has 166 valence electrons. The van der Waals surface area contributed by atoms with Gasteiger partial charge >= 0.3 is 5.97 Å². The fourth-order valence-electron chi connectivity index (χ4n) is 2.94. The molecule has 0 saturated carbocycles. The van der Waals surface area contributed by atoms with E-state index in [1.807, 2.05) is 0 Å². The van der Waals surface area contributed by atoms with Crippen LogP contribution in [0.25, 0.3) is 6.08 Å². The van der Waals surface area contributed by atoms with Gasteiger partial charge in [-0.2, -0.15) is 0 Å². The zero-order chi connectivity index (χ0) is 23.4. The first-order chi connectivity index (χ1) is 15.9. The maximum Gasteiger partial charge on any atom is 0.335 e. The van der Waals surface area contributed by atoms with E-state index >= 15 is 0 Å². The maximum absolute atomic E-state index is 13.0. The molecule has 2 N–H and O–H groups in total. The average Bonchev–Trinajstić information content (AvgIpc) is 3.13. The van der Waals surface area contributed by atoms with E-state index in [9.17, 15) is 14.0 Å². The monoisotopic (exact) mass is 482 g/mol. The number of amidine groups is 1. The summed E-state index contributed by atoms with van der Waals surface area (Å²) in [5.41, 5.74) is 2.10. The molecule has 0 unspecified atom stereocenters. The van der Waals surface area contributed by atoms with Crippen molar-refractivity contribution in [2.45, 2.75) is 6.61 Å². The molecular weight excluding hydrogens is 467 g/mol. The molecule has 3 aromatic carbocycles. The van der Waals surface area contributed by atoms with Gasteiger partial charge in [-0.15, -0.1) is 0 Å². The topological polar surface area (TPSA) is 88.0 Å². The number of ether oxygens (including phenoxy) is 1. The first kappa shape index (κ1) is 22.6. The van der Waals surface area contributed by atoms with Crippen LogP contribution in [0.3, 0.4) is 0 Å². The number of thioether (sulfide) groups is 1. The van der Waals surface area contributed by atoms with Gasteiger partial charge in [-0.1, -0.05) is 29.8 Å². The highest BCUT2D eigenvalue weighted by Crippen LogP contribution is 2.31. The second-order valence-electron chi connectivity index (χ2n) is 6.94. The van der Waals surface area contributed by atoms with Gasteiger partial charge in [0, 0.05) is 0 Å². The summed E-state index contributed by atoms with van der Waals surface area (Å²) in [4.78, 5) is 28.1. The van der Waals surface area contributed by atoms with E-state index in [1.54, 1.807) is 36.4 Å². The van der Waals surface area contributed by atoms with E-state index in [-0.39, 0.29) is 23.9 Å². The van der Waals surface area contributed by atoms with Crippen LogP contribution in [-0.2, 0) is 11.4 Å². The molecule has 1 fully saturated rings. The Bertz CT molecular complexity index is 1290. The van der Waals surface area contributed by atoms with Crippen molar-refractivity contribution in [3.63, 3.8) is 0 Å². The number of amides is 1. The fourth-order valence-corrected chi connectivity index (χ4v) is 4.03. The quantitative estimate of drug-likeness (QED) is 0.443. The largest absolute Gasteiger partial charge is 0.487 e. The van der Waals surface area contributed by atoms with Crippen molar-refractivity contribution >= 4 is 52.2 Å². The first-order valence-corrected chi connectivity index (χ1v) is 10.9. The number of nitrogens with zero attached hydrogens (tertiary/aromatic N) is 1. The Hall–Kier alpha value is -3.62. The minimum Gasteiger partial charge on any atom is -0.487 e. The van der Waals surface area contributed by atoms with Crippen LogP contribution in [0.2, 0.25) is 5.02 Å². The van der Waals surface area contributed by atoms with Gasteiger partial charge in [0.1, 0.15) is 18.2 Å². The van der Waals surface area contributed by atoms with Gasteiger partial charge in [0.15, 0.2) is 5.17 Å². The van der Waals surface area contributed by atoms with Crippen LogP contribution in [0.15, 0.2) is 76.6 Å². The van der Waals surface area contributed by atoms with E-state index < -0.39 is 5.97 Å². The molecule has 4 rings (SSSR count). The number of benzene rings is 3. The third-order valence-corrected chi connectivity index (χ3v) is 5.74. The molecule has 1 amide bonds. The second-order valence-corrected chi connectivity index (χ2v) is 8.38. The third-order valence-electron chi connectivity index (χ3n) is 4.53. The van der Waals surface area contributed by atoms with Gasteiger partial charge in [-0.3, -0.25) is 4.79 Å². The van der Waals surface area contributed by atoms with Crippen molar-refractivity contribution in [3.05, 3.63) is 99.2 Å². The lowest BCUT2D eigenvalue weighted by atomic mass is 10.1. The number of hydrogen-bond donors (Lipinski definition) is 2. The van der Waals surface area contributed by atoms with Crippen molar-refractivity contribution in [2.75, 3.05) is 0 Å². The number of aliphatic imine (C=N–C) groups is 1. The van der Waals surface area contributed by atoms with E-state index in [2.05, 4.69) is 10.3 Å². The average molecular weight is 483 g/mol. The lowest BCUT2D eigenvalue weighted by Gasteiger charge is -2.09. The molecule has 0 aliphatic carbocycles. The first-order valence-electron chi connectivity index (χ1n) is 9.67. The van der Waals surface area contributed by atoms with E-state index in [0.717, 1.165) is 0 Å². The number of carboxylic acids is 1. The molecule has 33 heavy (non-hydrogen) atoms. The van der Waals surface area contributed by atoms with Gasteiger partial charge in [-0.25, -0.2) is 14.2 Å². The summed E-state index contributed by atoms with van der Waals surface area (Å²) in [6.45, 7) is 0.155. The number of carboxylic acid groups (broad SMARTS) is 1. The van der Waals surface area contributed by atoms with E-state index in [1.165, 1.54) is 48.2 Å². The SMILES string of the molecule is O=C1NC(=Nc2ccc(F)cc2)S/C1=C/c1ccc(OCc2cccc(C(=O)O)c2)c(Cl)c1. The second kappa shape index (κ2) is 9.89. The number of halogens is 2. The Morgan fingerprint density at radius 3 is 2.67 bits per heavy atom. The van der Waals surface area contributed by atoms with Crippen molar-refractivity contribution in [2.24, 2.45) is 4.99 Å². The van der Waals surface area contributed by atoms with Crippen molar-refractivity contribution in [1.82, 2.24) is 5.32 Å². The molecule has 0 bridgehead atoms. The molecule has 0 radical (unpaired) electrons. The molecule has 1 heterocycles. The maximum atomic E-state index is 13.0. The number of aromatic carboxylic acids is 1. The highest BCUT2D eigenvalue weighted by molar-refractivity contribution is 8.18. The molecule has 9 heteroatoms. The van der Waals surface area contributed by atoms with E-state index in [4.69, 9.17) is 21.4 Å². The van der Waals surface area contributed by atoms with Crippen LogP contribution in [0.4, 0.5) is 10.1 Å². The Morgan fingerprint density at radius 2 is 1.94 bits per heavy atom. The zero-order valence-corrected chi connectivity index (χ0v) is 18.5. The summed E-state index contributed by atoms with van der Waals surface area (Å²) in [6, 6.07) is 17.2. The van der Waals surface area contributed by atoms with Crippen LogP contribution in [0.5, 0.6) is 5.75 Å². The zero-order valence-electron chi connectivity index (χ0n) is 16.9. The van der Waals surface area contributed by atoms with Crippen molar-refractivity contribution < 1.29 is 23.8 Å². The smallest absolute Gasteiger partial charge is 0.335 e. The predicted octanol–water partition coefficient (Wildman–Crippen LogP) is 5.65. The van der Waals surface area contributed by atoms with Gasteiger partial charge in [-0.05, 0) is 77.5 Å². The lowest BCUT2D eigenvalue weighted by Crippen LogP contribution is -2.19. The highest BCUT2D eigenvalue weighted by atomic mass is 35.5. The van der Waals surface area contributed by atoms with Gasteiger partial charge < -0.3 is 15.2 Å². The summed E-state index contributed by atoms with van der Waals surface area (Å²) < 4.78 is 18.8. The molecule has 6 nitrogen and oxygen atoms in total.